The van der Waals surface area contributed by atoms with Crippen LogP contribution in [-0.4, -0.2) is 35.0 Å². The van der Waals surface area contributed by atoms with Gasteiger partial charge in [0.15, 0.2) is 0 Å². The average Bonchev–Trinajstić information content (AvgIpc) is 2.43. The molecule has 0 aliphatic carbocycles. The summed E-state index contributed by atoms with van der Waals surface area (Å²) in [6.45, 7) is 5.64. The number of carbonyl (C=O) groups excluding carboxylic acids is 1. The van der Waals surface area contributed by atoms with Crippen molar-refractivity contribution in [2.45, 2.75) is 13.8 Å². The Hall–Kier alpha value is -1.32. The highest BCUT2D eigenvalue weighted by Crippen LogP contribution is 2.21. The van der Waals surface area contributed by atoms with Gasteiger partial charge >= 0.3 is 5.97 Å². The number of carboxylic acid groups (broad SMARTS) is 1. The van der Waals surface area contributed by atoms with E-state index >= 15 is 0 Å². The van der Waals surface area contributed by atoms with E-state index in [1.54, 1.807) is 4.90 Å². The van der Waals surface area contributed by atoms with E-state index in [1.807, 2.05) is 0 Å². The van der Waals surface area contributed by atoms with Crippen molar-refractivity contribution in [2.24, 2.45) is 11.8 Å². The van der Waals surface area contributed by atoms with Crippen molar-refractivity contribution in [1.82, 2.24) is 4.90 Å². The van der Waals surface area contributed by atoms with Crippen molar-refractivity contribution < 1.29 is 14.7 Å². The molecule has 2 unspecified atom stereocenters. The molecular weight excluding hydrogens is 182 g/mol. The zero-order valence-electron chi connectivity index (χ0n) is 8.43. The van der Waals surface area contributed by atoms with Gasteiger partial charge in [0, 0.05) is 25.2 Å². The summed E-state index contributed by atoms with van der Waals surface area (Å²) in [7, 11) is 0. The third-order valence-corrected chi connectivity index (χ3v) is 2.67. The third kappa shape index (κ3) is 2.58. The highest BCUT2D eigenvalue weighted by molar-refractivity contribution is 5.94. The summed E-state index contributed by atoms with van der Waals surface area (Å²) >= 11 is 0. The van der Waals surface area contributed by atoms with Crippen LogP contribution in [0.15, 0.2) is 12.2 Å². The monoisotopic (exact) mass is 197 g/mol. The summed E-state index contributed by atoms with van der Waals surface area (Å²) in [5, 5.41) is 8.35. The molecule has 0 spiro atoms. The zero-order chi connectivity index (χ0) is 10.7. The zero-order valence-corrected chi connectivity index (χ0v) is 8.43. The van der Waals surface area contributed by atoms with Crippen LogP contribution in [0.3, 0.4) is 0 Å². The van der Waals surface area contributed by atoms with Crippen LogP contribution in [0.1, 0.15) is 13.8 Å². The van der Waals surface area contributed by atoms with E-state index in [9.17, 15) is 9.59 Å². The summed E-state index contributed by atoms with van der Waals surface area (Å²) in [5.41, 5.74) is 0. The number of amides is 1. The van der Waals surface area contributed by atoms with Crippen LogP contribution in [0, 0.1) is 11.8 Å². The number of nitrogens with zero attached hydrogens (tertiary/aromatic N) is 1. The van der Waals surface area contributed by atoms with Crippen LogP contribution in [0.4, 0.5) is 0 Å². The van der Waals surface area contributed by atoms with Crippen LogP contribution in [0.25, 0.3) is 0 Å². The molecule has 0 radical (unpaired) electrons. The summed E-state index contributed by atoms with van der Waals surface area (Å²) in [6, 6.07) is 0. The SMILES string of the molecule is CC1CN(C(=O)/C=C\C(=O)O)CC1C. The van der Waals surface area contributed by atoms with Crippen LogP contribution < -0.4 is 0 Å². The first-order chi connectivity index (χ1) is 6.50. The molecule has 1 N–H and O–H groups in total. The molecule has 0 aromatic carbocycles. The molecule has 2 atom stereocenters. The predicted molar refractivity (Wildman–Crippen MR) is 51.7 cm³/mol. The van der Waals surface area contributed by atoms with E-state index in [4.69, 9.17) is 5.11 Å². The second-order valence-corrected chi connectivity index (χ2v) is 3.87. The molecule has 0 aromatic heterocycles. The Morgan fingerprint density at radius 2 is 1.71 bits per heavy atom. The smallest absolute Gasteiger partial charge is 0.328 e. The Bertz CT molecular complexity index is 263. The third-order valence-electron chi connectivity index (χ3n) is 2.67. The highest BCUT2D eigenvalue weighted by Gasteiger charge is 2.28. The molecule has 1 aliphatic heterocycles. The van der Waals surface area contributed by atoms with E-state index in [1.165, 1.54) is 0 Å². The van der Waals surface area contributed by atoms with Gasteiger partial charge in [0.2, 0.25) is 5.91 Å². The number of hydrogen-bond donors (Lipinski definition) is 1. The Balaban J connectivity index is 2.51. The Morgan fingerprint density at radius 1 is 1.21 bits per heavy atom. The molecule has 4 nitrogen and oxygen atoms in total. The van der Waals surface area contributed by atoms with E-state index < -0.39 is 5.97 Å². The fourth-order valence-electron chi connectivity index (χ4n) is 1.56. The Kier molecular flexibility index (Phi) is 3.28. The molecule has 78 valence electrons. The topological polar surface area (TPSA) is 57.6 Å². The van der Waals surface area contributed by atoms with Crippen LogP contribution in [0.5, 0.6) is 0 Å². The molecule has 1 saturated heterocycles. The molecular formula is C10H15NO3. The first-order valence-corrected chi connectivity index (χ1v) is 4.70. The fraction of sp³-hybridized carbons (Fsp3) is 0.600. The van der Waals surface area contributed by atoms with Crippen molar-refractivity contribution in [2.75, 3.05) is 13.1 Å². The van der Waals surface area contributed by atoms with E-state index in [0.717, 1.165) is 25.2 Å². The summed E-state index contributed by atoms with van der Waals surface area (Å²) < 4.78 is 0. The first kappa shape index (κ1) is 10.8. The predicted octanol–water partition coefficient (Wildman–Crippen LogP) is 0.742. The van der Waals surface area contributed by atoms with Gasteiger partial charge < -0.3 is 10.0 Å². The van der Waals surface area contributed by atoms with Crippen molar-refractivity contribution in [3.63, 3.8) is 0 Å². The lowest BCUT2D eigenvalue weighted by Gasteiger charge is -2.12. The molecule has 1 heterocycles. The molecule has 0 saturated carbocycles. The largest absolute Gasteiger partial charge is 0.478 e. The molecule has 1 aliphatic rings. The van der Waals surface area contributed by atoms with Crippen LogP contribution >= 0.6 is 0 Å². The normalized spacial score (nSPS) is 27.1. The van der Waals surface area contributed by atoms with Gasteiger partial charge in [0.05, 0.1) is 0 Å². The lowest BCUT2D eigenvalue weighted by atomic mass is 10.0. The van der Waals surface area contributed by atoms with Gasteiger partial charge in [-0.3, -0.25) is 4.79 Å². The molecule has 14 heavy (non-hydrogen) atoms. The van der Waals surface area contributed by atoms with Gasteiger partial charge in [-0.05, 0) is 11.8 Å². The summed E-state index contributed by atoms with van der Waals surface area (Å²) in [5.74, 6) is -0.295. The number of hydrogen-bond acceptors (Lipinski definition) is 2. The second kappa shape index (κ2) is 4.26. The van der Waals surface area contributed by atoms with Gasteiger partial charge in [0.25, 0.3) is 0 Å². The van der Waals surface area contributed by atoms with Crippen molar-refractivity contribution in [1.29, 1.82) is 0 Å². The average molecular weight is 197 g/mol. The Morgan fingerprint density at radius 3 is 2.14 bits per heavy atom. The molecule has 4 heteroatoms. The summed E-state index contributed by atoms with van der Waals surface area (Å²) in [4.78, 5) is 23.3. The lowest BCUT2D eigenvalue weighted by Crippen LogP contribution is -2.27. The van der Waals surface area contributed by atoms with Gasteiger partial charge in [-0.25, -0.2) is 4.79 Å². The minimum Gasteiger partial charge on any atom is -0.478 e. The van der Waals surface area contributed by atoms with Crippen molar-refractivity contribution in [3.05, 3.63) is 12.2 Å². The number of rotatable bonds is 2. The number of aliphatic carboxylic acids is 1. The van der Waals surface area contributed by atoms with E-state index in [2.05, 4.69) is 13.8 Å². The van der Waals surface area contributed by atoms with Crippen LogP contribution in [0.2, 0.25) is 0 Å². The molecule has 1 rings (SSSR count). The van der Waals surface area contributed by atoms with Crippen LogP contribution in [-0.2, 0) is 9.59 Å². The lowest BCUT2D eigenvalue weighted by molar-refractivity contribution is -0.132. The quantitative estimate of drug-likeness (QED) is 0.664. The first-order valence-electron chi connectivity index (χ1n) is 4.70. The van der Waals surface area contributed by atoms with Gasteiger partial charge in [-0.2, -0.15) is 0 Å². The minimum absolute atomic E-state index is 0.205. The fourth-order valence-corrected chi connectivity index (χ4v) is 1.56. The Labute approximate surface area is 83.2 Å². The molecule has 0 bridgehead atoms. The number of carbonyl (C=O) groups is 2. The second-order valence-electron chi connectivity index (χ2n) is 3.87. The molecule has 1 fully saturated rings. The van der Waals surface area contributed by atoms with E-state index in [0.29, 0.717) is 11.8 Å². The highest BCUT2D eigenvalue weighted by atomic mass is 16.4. The van der Waals surface area contributed by atoms with Gasteiger partial charge in [-0.15, -0.1) is 0 Å². The number of likely N-dealkylation sites (tertiary alicyclic amines) is 1. The maximum absolute atomic E-state index is 11.4. The minimum atomic E-state index is -1.08. The van der Waals surface area contributed by atoms with E-state index in [-0.39, 0.29) is 5.91 Å². The standard InChI is InChI=1S/C10H15NO3/c1-7-5-11(6-8(7)2)9(12)3-4-10(13)14/h3-4,7-8H,5-6H2,1-2H3,(H,13,14)/b4-3-. The molecule has 1 amide bonds. The van der Waals surface area contributed by atoms with Crippen molar-refractivity contribution in [3.8, 4) is 0 Å². The number of carboxylic acids is 1. The van der Waals surface area contributed by atoms with Crippen molar-refractivity contribution >= 4 is 11.9 Å². The van der Waals surface area contributed by atoms with Gasteiger partial charge in [-0.1, -0.05) is 13.8 Å². The maximum Gasteiger partial charge on any atom is 0.328 e. The van der Waals surface area contributed by atoms with Gasteiger partial charge in [0.1, 0.15) is 0 Å². The molecule has 0 aromatic rings. The summed E-state index contributed by atoms with van der Waals surface area (Å²) in [6.07, 6.45) is 2.00. The maximum atomic E-state index is 11.4.